The van der Waals surface area contributed by atoms with E-state index >= 15 is 0 Å². The highest BCUT2D eigenvalue weighted by atomic mass is 79.9. The van der Waals surface area contributed by atoms with Crippen molar-refractivity contribution in [1.82, 2.24) is 9.13 Å². The van der Waals surface area contributed by atoms with Crippen LogP contribution in [0.2, 0.25) is 0 Å². The largest absolute Gasteiger partial charge is 0.371 e. The van der Waals surface area contributed by atoms with Crippen LogP contribution in [0.3, 0.4) is 0 Å². The molecule has 0 N–H and O–H groups in total. The summed E-state index contributed by atoms with van der Waals surface area (Å²) in [6.07, 6.45) is 1.04. The second kappa shape index (κ2) is 5.49. The number of aromatic nitrogens is 2. The Balaban J connectivity index is 2.55. The van der Waals surface area contributed by atoms with Crippen LogP contribution in [-0.4, -0.2) is 17.6 Å². The van der Waals surface area contributed by atoms with Crippen molar-refractivity contribution in [3.8, 4) is 5.75 Å². The van der Waals surface area contributed by atoms with E-state index in [1.807, 2.05) is 0 Å². The molecular formula is C12H11BrN2O5S. The van der Waals surface area contributed by atoms with Gasteiger partial charge in [-0.05, 0) is 28.1 Å². The van der Waals surface area contributed by atoms with Gasteiger partial charge < -0.3 is 4.18 Å². The summed E-state index contributed by atoms with van der Waals surface area (Å²) in [6, 6.07) is 6.05. The Labute approximate surface area is 128 Å². The topological polar surface area (TPSA) is 87.4 Å². The zero-order valence-corrected chi connectivity index (χ0v) is 13.5. The van der Waals surface area contributed by atoms with Crippen molar-refractivity contribution in [2.24, 2.45) is 14.1 Å². The molecular weight excluding hydrogens is 364 g/mol. The highest BCUT2D eigenvalue weighted by Gasteiger charge is 2.22. The molecule has 0 fully saturated rings. The predicted molar refractivity (Wildman–Crippen MR) is 78.9 cm³/mol. The zero-order chi connectivity index (χ0) is 15.8. The molecule has 9 heteroatoms. The average Bonchev–Trinajstić information content (AvgIpc) is 2.42. The molecule has 2 aromatic rings. The molecule has 1 heterocycles. The molecule has 0 aliphatic carbocycles. The minimum Gasteiger partial charge on any atom is -0.371 e. The van der Waals surface area contributed by atoms with Crippen LogP contribution in [-0.2, 0) is 24.2 Å². The lowest BCUT2D eigenvalue weighted by atomic mass is 10.4. The van der Waals surface area contributed by atoms with E-state index in [9.17, 15) is 18.0 Å². The highest BCUT2D eigenvalue weighted by molar-refractivity contribution is 9.10. The fraction of sp³-hybridized carbons (Fsp3) is 0.167. The first-order valence-corrected chi connectivity index (χ1v) is 7.90. The van der Waals surface area contributed by atoms with Gasteiger partial charge >= 0.3 is 15.8 Å². The van der Waals surface area contributed by atoms with Crippen molar-refractivity contribution >= 4 is 26.0 Å². The normalized spacial score (nSPS) is 11.4. The Morgan fingerprint density at radius 2 is 1.76 bits per heavy atom. The lowest BCUT2D eigenvalue weighted by Crippen LogP contribution is -2.37. The Morgan fingerprint density at radius 3 is 2.38 bits per heavy atom. The summed E-state index contributed by atoms with van der Waals surface area (Å²) >= 11 is 3.11. The van der Waals surface area contributed by atoms with Crippen molar-refractivity contribution in [2.75, 3.05) is 0 Å². The van der Waals surface area contributed by atoms with Gasteiger partial charge in [0.1, 0.15) is 4.90 Å². The van der Waals surface area contributed by atoms with Gasteiger partial charge in [-0.2, -0.15) is 8.42 Å². The quantitative estimate of drug-likeness (QED) is 0.734. The Hall–Kier alpha value is -1.87. The molecule has 0 amide bonds. The van der Waals surface area contributed by atoms with Crippen molar-refractivity contribution in [1.29, 1.82) is 0 Å². The molecule has 0 aliphatic rings. The van der Waals surface area contributed by atoms with E-state index in [0.717, 1.165) is 15.3 Å². The van der Waals surface area contributed by atoms with Gasteiger partial charge in [-0.3, -0.25) is 13.9 Å². The summed E-state index contributed by atoms with van der Waals surface area (Å²) in [7, 11) is -1.56. The van der Waals surface area contributed by atoms with Crippen molar-refractivity contribution < 1.29 is 12.6 Å². The second-order valence-corrected chi connectivity index (χ2v) is 6.59. The van der Waals surface area contributed by atoms with Gasteiger partial charge in [-0.15, -0.1) is 0 Å². The summed E-state index contributed by atoms with van der Waals surface area (Å²) in [6.45, 7) is 0. The molecule has 21 heavy (non-hydrogen) atoms. The van der Waals surface area contributed by atoms with Gasteiger partial charge in [0, 0.05) is 18.6 Å². The molecule has 2 rings (SSSR count). The van der Waals surface area contributed by atoms with Crippen LogP contribution in [0, 0.1) is 0 Å². The van der Waals surface area contributed by atoms with E-state index in [0.29, 0.717) is 4.47 Å². The molecule has 0 unspecified atom stereocenters. The van der Waals surface area contributed by atoms with Crippen LogP contribution in [0.15, 0.2) is 49.4 Å². The third kappa shape index (κ3) is 2.93. The molecule has 112 valence electrons. The van der Waals surface area contributed by atoms with Crippen LogP contribution in [0.1, 0.15) is 0 Å². The van der Waals surface area contributed by atoms with Crippen molar-refractivity contribution in [3.63, 3.8) is 0 Å². The molecule has 7 nitrogen and oxygen atoms in total. The molecule has 0 saturated heterocycles. The van der Waals surface area contributed by atoms with Crippen molar-refractivity contribution in [2.45, 2.75) is 4.90 Å². The Kier molecular flexibility index (Phi) is 4.06. The van der Waals surface area contributed by atoms with Gasteiger partial charge in [-0.25, -0.2) is 4.79 Å². The fourth-order valence-electron chi connectivity index (χ4n) is 1.64. The minimum atomic E-state index is -4.19. The highest BCUT2D eigenvalue weighted by Crippen LogP contribution is 2.23. The van der Waals surface area contributed by atoms with E-state index in [4.69, 9.17) is 4.18 Å². The first-order valence-electron chi connectivity index (χ1n) is 5.69. The summed E-state index contributed by atoms with van der Waals surface area (Å²) in [5, 5.41) is 0. The molecule has 0 spiro atoms. The Morgan fingerprint density at radius 1 is 1.14 bits per heavy atom. The lowest BCUT2D eigenvalue weighted by molar-refractivity contribution is 0.471. The molecule has 1 aromatic carbocycles. The van der Waals surface area contributed by atoms with Crippen LogP contribution < -0.4 is 15.4 Å². The van der Waals surface area contributed by atoms with Crippen molar-refractivity contribution in [3.05, 3.63) is 55.8 Å². The maximum absolute atomic E-state index is 12.2. The molecule has 0 saturated carbocycles. The number of aryl methyl sites for hydroxylation is 1. The number of halogens is 1. The fourth-order valence-corrected chi connectivity index (χ4v) is 3.51. The van der Waals surface area contributed by atoms with Gasteiger partial charge in [-0.1, -0.05) is 12.1 Å². The first-order chi connectivity index (χ1) is 9.74. The van der Waals surface area contributed by atoms with Gasteiger partial charge in [0.05, 0.1) is 6.20 Å². The summed E-state index contributed by atoms with van der Waals surface area (Å²) in [5.41, 5.74) is -1.40. The molecule has 0 bridgehead atoms. The van der Waals surface area contributed by atoms with Gasteiger partial charge in [0.2, 0.25) is 5.75 Å². The van der Waals surface area contributed by atoms with E-state index in [1.54, 1.807) is 6.07 Å². The van der Waals surface area contributed by atoms with E-state index in [1.165, 1.54) is 32.3 Å². The minimum absolute atomic E-state index is 0.110. The van der Waals surface area contributed by atoms with E-state index in [-0.39, 0.29) is 4.90 Å². The number of nitrogens with zero attached hydrogens (tertiary/aromatic N) is 2. The smallest absolute Gasteiger partial charge is 0.340 e. The summed E-state index contributed by atoms with van der Waals surface area (Å²) in [5.74, 6) is -0.449. The standard InChI is InChI=1S/C12H11BrN2O5S/c1-14-7-9(11(16)15(2)12(14)17)20-21(18,19)10-6-4-3-5-8(10)13/h3-7H,1-2H3. The van der Waals surface area contributed by atoms with E-state index in [2.05, 4.69) is 15.9 Å². The first kappa shape index (κ1) is 15.5. The second-order valence-electron chi connectivity index (χ2n) is 4.22. The average molecular weight is 375 g/mol. The third-order valence-electron chi connectivity index (χ3n) is 2.72. The number of benzene rings is 1. The van der Waals surface area contributed by atoms with Crippen LogP contribution in [0.5, 0.6) is 5.75 Å². The SMILES string of the molecule is Cn1cc(OS(=O)(=O)c2ccccc2Br)c(=O)n(C)c1=O. The number of hydrogen-bond donors (Lipinski definition) is 0. The maximum Gasteiger partial charge on any atom is 0.340 e. The molecule has 0 aliphatic heterocycles. The van der Waals surface area contributed by atoms with Gasteiger partial charge in [0.15, 0.2) is 0 Å². The Bertz CT molecular complexity index is 914. The number of rotatable bonds is 3. The molecule has 0 radical (unpaired) electrons. The zero-order valence-electron chi connectivity index (χ0n) is 11.1. The number of hydrogen-bond acceptors (Lipinski definition) is 5. The summed E-state index contributed by atoms with van der Waals surface area (Å²) in [4.78, 5) is 23.3. The molecule has 0 atom stereocenters. The monoisotopic (exact) mass is 374 g/mol. The summed E-state index contributed by atoms with van der Waals surface area (Å²) < 4.78 is 31.4. The van der Waals surface area contributed by atoms with Crippen LogP contribution in [0.25, 0.3) is 0 Å². The maximum atomic E-state index is 12.2. The van der Waals surface area contributed by atoms with Crippen LogP contribution >= 0.6 is 15.9 Å². The lowest BCUT2D eigenvalue weighted by Gasteiger charge is -2.10. The third-order valence-corrected chi connectivity index (χ3v) is 4.97. The molecule has 1 aromatic heterocycles. The van der Waals surface area contributed by atoms with Crippen LogP contribution in [0.4, 0.5) is 0 Å². The van der Waals surface area contributed by atoms with Gasteiger partial charge in [0.25, 0.3) is 5.56 Å². The predicted octanol–water partition coefficient (Wildman–Crippen LogP) is 0.614. The van der Waals surface area contributed by atoms with E-state index < -0.39 is 27.1 Å².